The fourth-order valence-electron chi connectivity index (χ4n) is 4.20. The molecule has 3 aromatic rings. The molecule has 8 nitrogen and oxygen atoms in total. The topological polar surface area (TPSA) is 102 Å². The van der Waals surface area contributed by atoms with Crippen LogP contribution < -0.4 is 4.74 Å². The molecule has 2 heterocycles. The first kappa shape index (κ1) is 23.4. The van der Waals surface area contributed by atoms with Crippen LogP contribution in [0.25, 0.3) is 11.5 Å². The van der Waals surface area contributed by atoms with Crippen molar-refractivity contribution in [2.45, 2.75) is 26.9 Å². The molecule has 1 amide bonds. The standard InChI is InChI=1S/C26H28N2O6/c1-3-32-26(31)28-14-20(22(15-28)25(29)30)12-18-8-7-11-21(13-18)33-16-23-17(2)34-24(27-23)19-9-5-4-6-10-19/h4-11,13,20,22H,3,12,14-16H2,1-2H3,(H,29,30)/t20-,22+/m1/s1. The average Bonchev–Trinajstić information content (AvgIpc) is 3.42. The highest BCUT2D eigenvalue weighted by Gasteiger charge is 2.40. The maximum Gasteiger partial charge on any atom is 0.409 e. The maximum absolute atomic E-state index is 12.1. The molecule has 8 heteroatoms. The van der Waals surface area contributed by atoms with Crippen LogP contribution in [0.3, 0.4) is 0 Å². The van der Waals surface area contributed by atoms with Gasteiger partial charge >= 0.3 is 12.1 Å². The summed E-state index contributed by atoms with van der Waals surface area (Å²) in [7, 11) is 0. The molecule has 1 aromatic heterocycles. The number of carbonyl (C=O) groups excluding carboxylic acids is 1. The van der Waals surface area contributed by atoms with E-state index in [2.05, 4.69) is 4.98 Å². The van der Waals surface area contributed by atoms with Crippen molar-refractivity contribution in [1.82, 2.24) is 9.88 Å². The lowest BCUT2D eigenvalue weighted by atomic mass is 9.90. The molecule has 0 unspecified atom stereocenters. The molecule has 1 saturated heterocycles. The van der Waals surface area contributed by atoms with E-state index >= 15 is 0 Å². The summed E-state index contributed by atoms with van der Waals surface area (Å²) in [6.07, 6.45) is 0.0526. The molecule has 2 atom stereocenters. The van der Waals surface area contributed by atoms with Gasteiger partial charge in [-0.25, -0.2) is 9.78 Å². The van der Waals surface area contributed by atoms with E-state index in [4.69, 9.17) is 13.9 Å². The van der Waals surface area contributed by atoms with E-state index < -0.39 is 18.0 Å². The predicted octanol–water partition coefficient (Wildman–Crippen LogP) is 4.56. The van der Waals surface area contributed by atoms with Gasteiger partial charge in [-0.2, -0.15) is 0 Å². The van der Waals surface area contributed by atoms with E-state index in [9.17, 15) is 14.7 Å². The van der Waals surface area contributed by atoms with Crippen LogP contribution in [0.4, 0.5) is 4.79 Å². The summed E-state index contributed by atoms with van der Waals surface area (Å²) in [5.74, 6) is 0.168. The minimum Gasteiger partial charge on any atom is -0.487 e. The third kappa shape index (κ3) is 5.39. The lowest BCUT2D eigenvalue weighted by Crippen LogP contribution is -2.30. The van der Waals surface area contributed by atoms with Crippen LogP contribution in [0.2, 0.25) is 0 Å². The number of likely N-dealkylation sites (tertiary alicyclic amines) is 1. The molecule has 1 N–H and O–H groups in total. The summed E-state index contributed by atoms with van der Waals surface area (Å²) in [4.78, 5) is 29.9. The Labute approximate surface area is 198 Å². The number of nitrogens with zero attached hydrogens (tertiary/aromatic N) is 2. The molecule has 1 aliphatic heterocycles. The van der Waals surface area contributed by atoms with Gasteiger partial charge in [-0.3, -0.25) is 4.79 Å². The Bertz CT molecular complexity index is 1140. The summed E-state index contributed by atoms with van der Waals surface area (Å²) in [5, 5.41) is 9.65. The zero-order valence-electron chi connectivity index (χ0n) is 19.3. The van der Waals surface area contributed by atoms with Crippen molar-refractivity contribution in [3.8, 4) is 17.2 Å². The predicted molar refractivity (Wildman–Crippen MR) is 124 cm³/mol. The summed E-state index contributed by atoms with van der Waals surface area (Å²) in [5.41, 5.74) is 2.57. The van der Waals surface area contributed by atoms with Crippen LogP contribution in [-0.4, -0.2) is 46.7 Å². The number of rotatable bonds is 8. The average molecular weight is 465 g/mol. The second-order valence-corrected chi connectivity index (χ2v) is 8.34. The second-order valence-electron chi connectivity index (χ2n) is 8.34. The third-order valence-electron chi connectivity index (χ3n) is 5.97. The smallest absolute Gasteiger partial charge is 0.409 e. The molecule has 0 saturated carbocycles. The van der Waals surface area contributed by atoms with Gasteiger partial charge in [0.1, 0.15) is 23.8 Å². The zero-order valence-corrected chi connectivity index (χ0v) is 19.3. The minimum atomic E-state index is -0.903. The SMILES string of the molecule is CCOC(=O)N1C[C@@H](Cc2cccc(OCc3nc(-c4ccccc4)oc3C)c2)[C@@H](C(=O)O)C1. The van der Waals surface area contributed by atoms with E-state index in [-0.39, 0.29) is 25.7 Å². The normalized spacial score (nSPS) is 17.5. The molecule has 0 spiro atoms. The van der Waals surface area contributed by atoms with Gasteiger partial charge in [0.25, 0.3) is 0 Å². The number of hydrogen-bond donors (Lipinski definition) is 1. The number of aliphatic carboxylic acids is 1. The van der Waals surface area contributed by atoms with Crippen LogP contribution in [0.1, 0.15) is 23.9 Å². The molecule has 2 aromatic carbocycles. The van der Waals surface area contributed by atoms with Crippen molar-refractivity contribution in [3.63, 3.8) is 0 Å². The van der Waals surface area contributed by atoms with Crippen molar-refractivity contribution in [2.75, 3.05) is 19.7 Å². The Morgan fingerprint density at radius 2 is 1.94 bits per heavy atom. The first-order valence-corrected chi connectivity index (χ1v) is 11.3. The molecule has 34 heavy (non-hydrogen) atoms. The zero-order chi connectivity index (χ0) is 24.1. The van der Waals surface area contributed by atoms with Gasteiger partial charge in [0.05, 0.1) is 12.5 Å². The second kappa shape index (κ2) is 10.4. The summed E-state index contributed by atoms with van der Waals surface area (Å²) < 4.78 is 16.8. The molecule has 0 aliphatic carbocycles. The first-order chi connectivity index (χ1) is 16.4. The van der Waals surface area contributed by atoms with E-state index in [1.165, 1.54) is 4.90 Å². The molecular formula is C26H28N2O6. The number of carboxylic acid groups (broad SMARTS) is 1. The van der Waals surface area contributed by atoms with Gasteiger partial charge in [-0.1, -0.05) is 30.3 Å². The highest BCUT2D eigenvalue weighted by atomic mass is 16.6. The van der Waals surface area contributed by atoms with Gasteiger partial charge < -0.3 is 23.9 Å². The largest absolute Gasteiger partial charge is 0.487 e. The van der Waals surface area contributed by atoms with E-state index in [1.54, 1.807) is 6.92 Å². The van der Waals surface area contributed by atoms with Crippen molar-refractivity contribution >= 4 is 12.1 Å². The highest BCUT2D eigenvalue weighted by molar-refractivity contribution is 5.74. The summed E-state index contributed by atoms with van der Waals surface area (Å²) in [6, 6.07) is 17.3. The third-order valence-corrected chi connectivity index (χ3v) is 5.97. The van der Waals surface area contributed by atoms with Gasteiger partial charge in [-0.15, -0.1) is 0 Å². The molecule has 0 radical (unpaired) electrons. The van der Waals surface area contributed by atoms with Gasteiger partial charge in [-0.05, 0) is 56.0 Å². The van der Waals surface area contributed by atoms with Crippen LogP contribution in [0, 0.1) is 18.8 Å². The van der Waals surface area contributed by atoms with E-state index in [0.717, 1.165) is 16.8 Å². The van der Waals surface area contributed by atoms with Gasteiger partial charge in [0.2, 0.25) is 5.89 Å². The number of ether oxygens (including phenoxy) is 2. The van der Waals surface area contributed by atoms with Crippen molar-refractivity contribution < 1.29 is 28.6 Å². The molecule has 4 rings (SSSR count). The molecule has 1 aliphatic rings. The monoisotopic (exact) mass is 464 g/mol. The number of hydrogen-bond acceptors (Lipinski definition) is 6. The molecule has 178 valence electrons. The Morgan fingerprint density at radius 1 is 1.15 bits per heavy atom. The lowest BCUT2D eigenvalue weighted by Gasteiger charge is -2.16. The van der Waals surface area contributed by atoms with Crippen molar-refractivity contribution in [3.05, 3.63) is 71.6 Å². The van der Waals surface area contributed by atoms with Gasteiger partial charge in [0.15, 0.2) is 0 Å². The van der Waals surface area contributed by atoms with E-state index in [0.29, 0.717) is 30.4 Å². The quantitative estimate of drug-likeness (QED) is 0.521. The Morgan fingerprint density at radius 3 is 2.68 bits per heavy atom. The van der Waals surface area contributed by atoms with E-state index in [1.807, 2.05) is 61.5 Å². The van der Waals surface area contributed by atoms with Crippen LogP contribution in [0.5, 0.6) is 5.75 Å². The molecule has 0 bridgehead atoms. The molecule has 1 fully saturated rings. The number of carboxylic acids is 1. The number of amides is 1. The van der Waals surface area contributed by atoms with Crippen LogP contribution >= 0.6 is 0 Å². The Kier molecular flexibility index (Phi) is 7.15. The number of oxazole rings is 1. The number of aromatic nitrogens is 1. The maximum atomic E-state index is 12.1. The minimum absolute atomic E-state index is 0.157. The first-order valence-electron chi connectivity index (χ1n) is 11.3. The Balaban J connectivity index is 1.41. The van der Waals surface area contributed by atoms with Crippen LogP contribution in [-0.2, 0) is 22.6 Å². The summed E-state index contributed by atoms with van der Waals surface area (Å²) in [6.45, 7) is 4.61. The Hall–Kier alpha value is -3.81. The van der Waals surface area contributed by atoms with Crippen molar-refractivity contribution in [1.29, 1.82) is 0 Å². The number of aryl methyl sites for hydroxylation is 1. The van der Waals surface area contributed by atoms with Gasteiger partial charge in [0, 0.05) is 18.7 Å². The lowest BCUT2D eigenvalue weighted by molar-refractivity contribution is -0.142. The summed E-state index contributed by atoms with van der Waals surface area (Å²) >= 11 is 0. The van der Waals surface area contributed by atoms with Crippen LogP contribution in [0.15, 0.2) is 59.0 Å². The fraction of sp³-hybridized carbons (Fsp3) is 0.346. The number of carbonyl (C=O) groups is 2. The molecular weight excluding hydrogens is 436 g/mol. The van der Waals surface area contributed by atoms with Crippen molar-refractivity contribution in [2.24, 2.45) is 11.8 Å². The number of benzene rings is 2. The highest BCUT2D eigenvalue weighted by Crippen LogP contribution is 2.29. The fourth-order valence-corrected chi connectivity index (χ4v) is 4.20.